The number of sulfonamides is 1. The van der Waals surface area contributed by atoms with Gasteiger partial charge in [-0.15, -0.1) is 4.40 Å². The Kier molecular flexibility index (Phi) is 4.74. The maximum absolute atomic E-state index is 12.0. The molecule has 0 unspecified atom stereocenters. The molecule has 0 saturated carbocycles. The van der Waals surface area contributed by atoms with Gasteiger partial charge in [-0.25, -0.2) is 0 Å². The lowest BCUT2D eigenvalue weighted by molar-refractivity contribution is 0.598. The average molecular weight is 402 g/mol. The zero-order valence-electron chi connectivity index (χ0n) is 15.4. The van der Waals surface area contributed by atoms with Crippen molar-refractivity contribution in [3.63, 3.8) is 0 Å². The SMILES string of the molecule is NC(N)=NS(=O)(=O)c1ccc(N=Cc2c3ccccc3cc3ccccc23)cc1. The molecule has 0 amide bonds. The maximum atomic E-state index is 12.0. The second-order valence-corrected chi connectivity index (χ2v) is 8.08. The van der Waals surface area contributed by atoms with Gasteiger partial charge < -0.3 is 11.5 Å². The molecule has 0 saturated heterocycles. The third-order valence-electron chi connectivity index (χ3n) is 4.52. The van der Waals surface area contributed by atoms with Crippen LogP contribution in [0.25, 0.3) is 21.5 Å². The van der Waals surface area contributed by atoms with Crippen LogP contribution in [0.1, 0.15) is 5.56 Å². The van der Waals surface area contributed by atoms with Crippen molar-refractivity contribution in [2.45, 2.75) is 4.90 Å². The molecule has 6 nitrogen and oxygen atoms in total. The summed E-state index contributed by atoms with van der Waals surface area (Å²) in [6, 6.07) is 24.5. The monoisotopic (exact) mass is 402 g/mol. The van der Waals surface area contributed by atoms with Crippen molar-refractivity contribution >= 4 is 49.4 Å². The third-order valence-corrected chi connectivity index (χ3v) is 5.83. The highest BCUT2D eigenvalue weighted by Crippen LogP contribution is 2.28. The molecule has 144 valence electrons. The second kappa shape index (κ2) is 7.37. The topological polar surface area (TPSA) is 111 Å². The fraction of sp³-hybridized carbons (Fsp3) is 0. The molecule has 4 N–H and O–H groups in total. The van der Waals surface area contributed by atoms with Crippen molar-refractivity contribution in [1.82, 2.24) is 0 Å². The van der Waals surface area contributed by atoms with Crippen LogP contribution in [0, 0.1) is 0 Å². The molecular weight excluding hydrogens is 384 g/mol. The molecule has 0 bridgehead atoms. The van der Waals surface area contributed by atoms with E-state index in [4.69, 9.17) is 11.5 Å². The van der Waals surface area contributed by atoms with Crippen molar-refractivity contribution in [3.8, 4) is 0 Å². The predicted molar refractivity (Wildman–Crippen MR) is 118 cm³/mol. The Morgan fingerprint density at radius 1 is 0.793 bits per heavy atom. The molecule has 29 heavy (non-hydrogen) atoms. The van der Waals surface area contributed by atoms with Crippen LogP contribution in [-0.4, -0.2) is 20.6 Å². The van der Waals surface area contributed by atoms with Gasteiger partial charge in [0.15, 0.2) is 0 Å². The normalized spacial score (nSPS) is 11.9. The van der Waals surface area contributed by atoms with Crippen molar-refractivity contribution < 1.29 is 8.42 Å². The number of aliphatic imine (C=N–C) groups is 1. The van der Waals surface area contributed by atoms with Gasteiger partial charge in [0.1, 0.15) is 0 Å². The summed E-state index contributed by atoms with van der Waals surface area (Å²) in [6.07, 6.45) is 1.81. The Labute approximate surface area is 168 Å². The summed E-state index contributed by atoms with van der Waals surface area (Å²) in [5, 5.41) is 4.46. The van der Waals surface area contributed by atoms with E-state index in [0.717, 1.165) is 27.1 Å². The van der Waals surface area contributed by atoms with Crippen LogP contribution in [0.2, 0.25) is 0 Å². The van der Waals surface area contributed by atoms with Crippen molar-refractivity contribution in [1.29, 1.82) is 0 Å². The molecule has 4 rings (SSSR count). The molecule has 4 aromatic carbocycles. The van der Waals surface area contributed by atoms with E-state index in [1.165, 1.54) is 12.1 Å². The first-order chi connectivity index (χ1) is 13.9. The van der Waals surface area contributed by atoms with Gasteiger partial charge in [0.2, 0.25) is 5.96 Å². The minimum atomic E-state index is -3.91. The molecular formula is C22H18N4O2S. The molecule has 0 radical (unpaired) electrons. The Balaban J connectivity index is 1.76. The minimum Gasteiger partial charge on any atom is -0.369 e. The highest BCUT2D eigenvalue weighted by Gasteiger charge is 2.12. The molecule has 0 fully saturated rings. The van der Waals surface area contributed by atoms with Crippen LogP contribution in [0.3, 0.4) is 0 Å². The molecule has 7 heteroatoms. The molecule has 0 atom stereocenters. The lowest BCUT2D eigenvalue weighted by atomic mass is 9.97. The smallest absolute Gasteiger partial charge is 0.285 e. The zero-order valence-corrected chi connectivity index (χ0v) is 16.2. The quantitative estimate of drug-likeness (QED) is 0.308. The van der Waals surface area contributed by atoms with Gasteiger partial charge in [0.05, 0.1) is 10.6 Å². The lowest BCUT2D eigenvalue weighted by Gasteiger charge is -2.08. The largest absolute Gasteiger partial charge is 0.369 e. The fourth-order valence-corrected chi connectivity index (χ4v) is 4.09. The number of hydrogen-bond donors (Lipinski definition) is 2. The van der Waals surface area contributed by atoms with E-state index in [2.05, 4.69) is 39.7 Å². The van der Waals surface area contributed by atoms with Crippen LogP contribution in [0.15, 0.2) is 93.1 Å². The summed E-state index contributed by atoms with van der Waals surface area (Å²) in [5.41, 5.74) is 12.0. The number of benzene rings is 4. The summed E-state index contributed by atoms with van der Waals surface area (Å²) >= 11 is 0. The molecule has 0 aliphatic rings. The Morgan fingerprint density at radius 2 is 1.34 bits per heavy atom. The molecule has 0 aliphatic carbocycles. The van der Waals surface area contributed by atoms with Gasteiger partial charge in [-0.1, -0.05) is 48.5 Å². The first kappa shape index (κ1) is 18.6. The van der Waals surface area contributed by atoms with E-state index in [0.29, 0.717) is 5.69 Å². The molecule has 4 aromatic rings. The highest BCUT2D eigenvalue weighted by molar-refractivity contribution is 7.90. The van der Waals surface area contributed by atoms with Gasteiger partial charge >= 0.3 is 0 Å². The summed E-state index contributed by atoms with van der Waals surface area (Å²) in [4.78, 5) is 4.56. The Hall–Kier alpha value is -3.71. The van der Waals surface area contributed by atoms with Crippen LogP contribution in [0.4, 0.5) is 5.69 Å². The van der Waals surface area contributed by atoms with E-state index >= 15 is 0 Å². The fourth-order valence-electron chi connectivity index (χ4n) is 3.22. The Morgan fingerprint density at radius 3 is 1.90 bits per heavy atom. The number of guanidine groups is 1. The van der Waals surface area contributed by atoms with Crippen molar-refractivity contribution in [2.75, 3.05) is 0 Å². The van der Waals surface area contributed by atoms with Gasteiger partial charge in [-0.3, -0.25) is 4.99 Å². The van der Waals surface area contributed by atoms with Crippen LogP contribution < -0.4 is 11.5 Å². The van der Waals surface area contributed by atoms with Gasteiger partial charge in [0.25, 0.3) is 10.0 Å². The molecule has 0 aliphatic heterocycles. The summed E-state index contributed by atoms with van der Waals surface area (Å²) < 4.78 is 27.4. The van der Waals surface area contributed by atoms with E-state index in [-0.39, 0.29) is 4.90 Å². The summed E-state index contributed by atoms with van der Waals surface area (Å²) in [5.74, 6) is -0.505. The highest BCUT2D eigenvalue weighted by atomic mass is 32.2. The van der Waals surface area contributed by atoms with Gasteiger partial charge in [-0.2, -0.15) is 8.42 Å². The molecule has 0 aromatic heterocycles. The maximum Gasteiger partial charge on any atom is 0.285 e. The Bertz CT molecular complexity index is 1320. The molecule has 0 spiro atoms. The summed E-state index contributed by atoms with van der Waals surface area (Å²) in [7, 11) is -3.91. The average Bonchev–Trinajstić information content (AvgIpc) is 2.70. The number of hydrogen-bond acceptors (Lipinski definition) is 3. The second-order valence-electron chi connectivity index (χ2n) is 6.48. The van der Waals surface area contributed by atoms with Gasteiger partial charge in [-0.05, 0) is 51.9 Å². The van der Waals surface area contributed by atoms with E-state index in [1.807, 2.05) is 30.5 Å². The number of nitrogens with zero attached hydrogens (tertiary/aromatic N) is 2. The first-order valence-electron chi connectivity index (χ1n) is 8.84. The third kappa shape index (κ3) is 3.81. The van der Waals surface area contributed by atoms with E-state index in [1.54, 1.807) is 12.1 Å². The predicted octanol–water partition coefficient (Wildman–Crippen LogP) is 3.71. The van der Waals surface area contributed by atoms with Crippen molar-refractivity contribution in [2.24, 2.45) is 20.9 Å². The number of nitrogens with two attached hydrogens (primary N) is 2. The number of fused-ring (bicyclic) bond motifs is 2. The van der Waals surface area contributed by atoms with E-state index in [9.17, 15) is 8.42 Å². The first-order valence-corrected chi connectivity index (χ1v) is 10.3. The standard InChI is InChI=1S/C22H18N4O2S/c23-22(24)26-29(27,28)18-11-9-17(10-12-18)25-14-21-19-7-3-1-5-15(19)13-16-6-2-4-8-20(16)21/h1-14H,(H4,23,24,26). The van der Waals surface area contributed by atoms with E-state index < -0.39 is 16.0 Å². The molecule has 0 heterocycles. The van der Waals surface area contributed by atoms with Crippen LogP contribution >= 0.6 is 0 Å². The van der Waals surface area contributed by atoms with Gasteiger partial charge in [0, 0.05) is 11.8 Å². The zero-order chi connectivity index (χ0) is 20.4. The lowest BCUT2D eigenvalue weighted by Crippen LogP contribution is -2.24. The minimum absolute atomic E-state index is 0.000427. The van der Waals surface area contributed by atoms with Crippen LogP contribution in [-0.2, 0) is 10.0 Å². The number of rotatable bonds is 4. The summed E-state index contributed by atoms with van der Waals surface area (Å²) in [6.45, 7) is 0. The van der Waals surface area contributed by atoms with Crippen LogP contribution in [0.5, 0.6) is 0 Å². The van der Waals surface area contributed by atoms with Crippen molar-refractivity contribution in [3.05, 3.63) is 84.4 Å².